The molecule has 0 fully saturated rings. The van der Waals surface area contributed by atoms with E-state index in [0.717, 1.165) is 11.1 Å². The third kappa shape index (κ3) is 3.60. The van der Waals surface area contributed by atoms with E-state index in [1.54, 1.807) is 37.4 Å². The Labute approximate surface area is 145 Å². The van der Waals surface area contributed by atoms with Crippen molar-refractivity contribution in [1.29, 1.82) is 0 Å². The van der Waals surface area contributed by atoms with Crippen LogP contribution in [0, 0.1) is 17.8 Å². The molecular formula is C18H14FN3O2S. The van der Waals surface area contributed by atoms with Crippen LogP contribution >= 0.6 is 0 Å². The van der Waals surface area contributed by atoms with Crippen molar-refractivity contribution in [2.24, 2.45) is 5.14 Å². The number of benzene rings is 2. The molecule has 0 aliphatic carbocycles. The van der Waals surface area contributed by atoms with Gasteiger partial charge in [-0.05, 0) is 36.8 Å². The van der Waals surface area contributed by atoms with Gasteiger partial charge in [0.25, 0.3) is 0 Å². The molecule has 0 radical (unpaired) electrons. The number of hydrogen-bond donors (Lipinski definition) is 1. The topological polar surface area (TPSA) is 78.0 Å². The van der Waals surface area contributed by atoms with E-state index in [2.05, 4.69) is 17.1 Å². The molecule has 0 atom stereocenters. The first-order chi connectivity index (χ1) is 11.9. The summed E-state index contributed by atoms with van der Waals surface area (Å²) in [6.45, 7) is 1.69. The van der Waals surface area contributed by atoms with Crippen molar-refractivity contribution in [3.05, 3.63) is 60.5 Å². The van der Waals surface area contributed by atoms with Crippen molar-refractivity contribution in [3.8, 4) is 34.3 Å². The summed E-state index contributed by atoms with van der Waals surface area (Å²) in [4.78, 5) is 0.0207. The number of rotatable bonds is 3. The van der Waals surface area contributed by atoms with E-state index < -0.39 is 10.0 Å². The predicted molar refractivity (Wildman–Crippen MR) is 93.3 cm³/mol. The number of sulfonamides is 1. The van der Waals surface area contributed by atoms with Crippen LogP contribution in [0.1, 0.15) is 6.92 Å². The molecule has 0 amide bonds. The van der Waals surface area contributed by atoms with Gasteiger partial charge in [0.05, 0.1) is 4.90 Å². The molecule has 1 aromatic heterocycles. The van der Waals surface area contributed by atoms with Gasteiger partial charge in [-0.1, -0.05) is 30.2 Å². The summed E-state index contributed by atoms with van der Waals surface area (Å²) in [7, 11) is -3.76. The zero-order valence-corrected chi connectivity index (χ0v) is 14.1. The van der Waals surface area contributed by atoms with E-state index in [4.69, 9.17) is 5.14 Å². The van der Waals surface area contributed by atoms with Crippen molar-refractivity contribution in [2.75, 3.05) is 0 Å². The van der Waals surface area contributed by atoms with Crippen LogP contribution < -0.4 is 5.14 Å². The summed E-state index contributed by atoms with van der Waals surface area (Å²) in [5.74, 6) is 2.43. The summed E-state index contributed by atoms with van der Waals surface area (Å²) in [5, 5.41) is 9.55. The highest BCUT2D eigenvalue weighted by molar-refractivity contribution is 7.89. The van der Waals surface area contributed by atoms with Gasteiger partial charge >= 0.3 is 0 Å². The lowest BCUT2D eigenvalue weighted by Gasteiger charge is -2.04. The average Bonchev–Trinajstić information content (AvgIpc) is 2.99. The lowest BCUT2D eigenvalue weighted by Crippen LogP contribution is -2.11. The lowest BCUT2D eigenvalue weighted by atomic mass is 10.0. The largest absolute Gasteiger partial charge is 0.238 e. The molecule has 2 aromatic carbocycles. The summed E-state index contributed by atoms with van der Waals surface area (Å²) in [6, 6.07) is 14.9. The molecule has 5 nitrogen and oxygen atoms in total. The Hall–Kier alpha value is -2.95. The Bertz CT molecular complexity index is 1070. The van der Waals surface area contributed by atoms with Crippen molar-refractivity contribution in [3.63, 3.8) is 0 Å². The smallest absolute Gasteiger partial charge is 0.225 e. The van der Waals surface area contributed by atoms with Crippen LogP contribution in [0.4, 0.5) is 4.39 Å². The number of primary sulfonamides is 1. The fourth-order valence-corrected chi connectivity index (χ4v) is 2.92. The van der Waals surface area contributed by atoms with Gasteiger partial charge < -0.3 is 0 Å². The Morgan fingerprint density at radius 1 is 1.04 bits per heavy atom. The van der Waals surface area contributed by atoms with Gasteiger partial charge in [0.2, 0.25) is 10.0 Å². The average molecular weight is 355 g/mol. The highest BCUT2D eigenvalue weighted by atomic mass is 32.2. The molecule has 3 rings (SSSR count). The van der Waals surface area contributed by atoms with Crippen LogP contribution in [0.25, 0.3) is 22.4 Å². The van der Waals surface area contributed by atoms with Crippen LogP contribution in [0.15, 0.2) is 59.6 Å². The molecule has 0 bridgehead atoms. The Kier molecular flexibility index (Phi) is 4.40. The normalized spacial score (nSPS) is 11.0. The summed E-state index contributed by atoms with van der Waals surface area (Å²) in [6.07, 6.45) is 1.74. The van der Waals surface area contributed by atoms with Gasteiger partial charge in [0.1, 0.15) is 11.5 Å². The molecule has 0 spiro atoms. The maximum Gasteiger partial charge on any atom is 0.238 e. The Morgan fingerprint density at radius 3 is 2.20 bits per heavy atom. The minimum atomic E-state index is -3.76. The third-order valence-electron chi connectivity index (χ3n) is 3.55. The minimum absolute atomic E-state index is 0.0207. The number of aromatic nitrogens is 2. The Balaban J connectivity index is 2.14. The van der Waals surface area contributed by atoms with Crippen LogP contribution in [-0.4, -0.2) is 18.2 Å². The fourth-order valence-electron chi connectivity index (χ4n) is 2.40. The van der Waals surface area contributed by atoms with Crippen LogP contribution in [-0.2, 0) is 10.0 Å². The third-order valence-corrected chi connectivity index (χ3v) is 4.48. The quantitative estimate of drug-likeness (QED) is 0.734. The van der Waals surface area contributed by atoms with E-state index in [-0.39, 0.29) is 10.7 Å². The molecule has 0 saturated heterocycles. The summed E-state index contributed by atoms with van der Waals surface area (Å²) >= 11 is 0. The number of nitrogens with two attached hydrogens (primary N) is 1. The highest BCUT2D eigenvalue weighted by Gasteiger charge is 2.14. The van der Waals surface area contributed by atoms with E-state index in [1.165, 1.54) is 28.9 Å². The van der Waals surface area contributed by atoms with Gasteiger partial charge in [-0.15, -0.1) is 0 Å². The molecule has 126 valence electrons. The molecule has 2 N–H and O–H groups in total. The van der Waals surface area contributed by atoms with Gasteiger partial charge in [0, 0.05) is 23.4 Å². The van der Waals surface area contributed by atoms with Crippen LogP contribution in [0.3, 0.4) is 0 Å². The van der Waals surface area contributed by atoms with Crippen molar-refractivity contribution < 1.29 is 12.8 Å². The molecule has 1 heterocycles. The standard InChI is InChI=1S/C18H14FN3O2S/c1-2-11-22-12-17(13-3-7-15(19)8-4-13)18(21-22)14-5-9-16(10-6-14)25(20,23)24/h3-10,12H,1H3,(H2,20,23,24). The Morgan fingerprint density at radius 2 is 1.64 bits per heavy atom. The SMILES string of the molecule is CC#Cn1cc(-c2ccc(F)cc2)c(-c2ccc(S(N)(=O)=O)cc2)n1. The predicted octanol–water partition coefficient (Wildman–Crippen LogP) is 2.83. The molecule has 0 aliphatic heterocycles. The first-order valence-corrected chi connectivity index (χ1v) is 8.85. The first kappa shape index (κ1) is 16.9. The second kappa shape index (κ2) is 6.51. The minimum Gasteiger partial charge on any atom is -0.225 e. The lowest BCUT2D eigenvalue weighted by molar-refractivity contribution is 0.598. The summed E-state index contributed by atoms with van der Waals surface area (Å²) < 4.78 is 37.5. The van der Waals surface area contributed by atoms with Gasteiger partial charge in [0.15, 0.2) is 0 Å². The van der Waals surface area contributed by atoms with Crippen molar-refractivity contribution in [2.45, 2.75) is 11.8 Å². The molecule has 25 heavy (non-hydrogen) atoms. The van der Waals surface area contributed by atoms with E-state index >= 15 is 0 Å². The van der Waals surface area contributed by atoms with Crippen molar-refractivity contribution >= 4 is 10.0 Å². The van der Waals surface area contributed by atoms with E-state index in [0.29, 0.717) is 11.3 Å². The van der Waals surface area contributed by atoms with E-state index in [1.807, 2.05) is 0 Å². The monoisotopic (exact) mass is 355 g/mol. The molecular weight excluding hydrogens is 341 g/mol. The van der Waals surface area contributed by atoms with E-state index in [9.17, 15) is 12.8 Å². The summed E-state index contributed by atoms with van der Waals surface area (Å²) in [5.41, 5.74) is 2.83. The fraction of sp³-hybridized carbons (Fsp3) is 0.0556. The molecule has 3 aromatic rings. The second-order valence-corrected chi connectivity index (χ2v) is 6.84. The molecule has 0 aliphatic rings. The zero-order valence-electron chi connectivity index (χ0n) is 13.3. The number of nitrogens with zero attached hydrogens (tertiary/aromatic N) is 2. The number of halogens is 1. The molecule has 0 saturated carbocycles. The molecule has 0 unspecified atom stereocenters. The highest BCUT2D eigenvalue weighted by Crippen LogP contribution is 2.31. The van der Waals surface area contributed by atoms with Crippen molar-refractivity contribution in [1.82, 2.24) is 9.78 Å². The maximum absolute atomic E-state index is 13.2. The second-order valence-electron chi connectivity index (χ2n) is 5.27. The van der Waals surface area contributed by atoms with Gasteiger partial charge in [-0.3, -0.25) is 0 Å². The maximum atomic E-state index is 13.2. The molecule has 7 heteroatoms. The van der Waals surface area contributed by atoms with Gasteiger partial charge in [-0.2, -0.15) is 9.78 Å². The first-order valence-electron chi connectivity index (χ1n) is 7.30. The number of hydrogen-bond acceptors (Lipinski definition) is 3. The van der Waals surface area contributed by atoms with Crippen LogP contribution in [0.5, 0.6) is 0 Å². The zero-order chi connectivity index (χ0) is 18.0. The van der Waals surface area contributed by atoms with Gasteiger partial charge in [-0.25, -0.2) is 17.9 Å². The van der Waals surface area contributed by atoms with Crippen LogP contribution in [0.2, 0.25) is 0 Å².